The second kappa shape index (κ2) is 25.7. The first-order chi connectivity index (χ1) is 31.2. The molecule has 18 nitrogen and oxygen atoms in total. The Bertz CT molecular complexity index is 2000. The van der Waals surface area contributed by atoms with Crippen molar-refractivity contribution in [1.82, 2.24) is 21.3 Å². The van der Waals surface area contributed by atoms with E-state index in [0.29, 0.717) is 22.6 Å². The summed E-state index contributed by atoms with van der Waals surface area (Å²) >= 11 is 0. The molecule has 4 atom stereocenters. The lowest BCUT2D eigenvalue weighted by molar-refractivity contribution is -0.144. The molecule has 0 spiro atoms. The van der Waals surface area contributed by atoms with Crippen LogP contribution in [0.15, 0.2) is 109 Å². The Morgan fingerprint density at radius 2 is 0.758 bits per heavy atom. The fourth-order valence-electron chi connectivity index (χ4n) is 5.80. The third-order valence-corrected chi connectivity index (χ3v) is 8.84. The molecule has 0 unspecified atom stereocenters. The Balaban J connectivity index is 0.000000350. The van der Waals surface area contributed by atoms with Gasteiger partial charge >= 0.3 is 36.3 Å². The summed E-state index contributed by atoms with van der Waals surface area (Å²) < 4.78 is 41.3. The number of alkyl carbamates (subject to hydrolysis) is 4. The van der Waals surface area contributed by atoms with Crippen LogP contribution in [0.1, 0.15) is 75.9 Å². The Labute approximate surface area is 384 Å². The predicted molar refractivity (Wildman–Crippen MR) is 241 cm³/mol. The largest absolute Gasteiger partial charge is 0.497 e. The summed E-state index contributed by atoms with van der Waals surface area (Å²) in [5, 5.41) is 10.3. The number of hydrogen-bond donors (Lipinski definition) is 4. The summed E-state index contributed by atoms with van der Waals surface area (Å²) in [6.45, 7) is 10.3. The van der Waals surface area contributed by atoms with Gasteiger partial charge in [-0.25, -0.2) is 28.8 Å². The van der Waals surface area contributed by atoms with Crippen LogP contribution < -0.4 is 30.7 Å². The normalized spacial score (nSPS) is 12.6. The molecule has 4 rings (SSSR count). The van der Waals surface area contributed by atoms with E-state index in [1.54, 1.807) is 114 Å². The van der Waals surface area contributed by atoms with Crippen molar-refractivity contribution in [3.8, 4) is 11.5 Å². The molecule has 0 aliphatic rings. The fourth-order valence-corrected chi connectivity index (χ4v) is 5.80. The van der Waals surface area contributed by atoms with Gasteiger partial charge in [0.05, 0.1) is 40.5 Å². The molecular weight excluding hydrogens is 857 g/mol. The third kappa shape index (κ3) is 18.7. The number of carbonyl (C=O) groups is 6. The molecular formula is C48H60N4O14. The quantitative estimate of drug-likeness (QED) is 0.0633. The van der Waals surface area contributed by atoms with Crippen LogP contribution in [-0.4, -0.2) is 88.0 Å². The summed E-state index contributed by atoms with van der Waals surface area (Å²) in [4.78, 5) is 75.3. The number of carbonyl (C=O) groups excluding carboxylic acids is 6. The van der Waals surface area contributed by atoms with E-state index < -0.39 is 71.7 Å². The standard InChI is InChI=1S/2C24H30N2O7/c2*1-24(2,3)33-23(29)25-19(17-11-13-18(30-4)14-12-17)20(21(27)31-5)26-22(28)32-15-16-9-7-6-8-10-16/h2*6-14,19-20H,15H2,1-5H3,(H,25,29)(H,26,28)/t2*19-,20+/m10/s1. The van der Waals surface area contributed by atoms with Crippen LogP contribution in [-0.2, 0) is 51.2 Å². The van der Waals surface area contributed by atoms with Gasteiger partial charge in [-0.2, -0.15) is 0 Å². The van der Waals surface area contributed by atoms with E-state index >= 15 is 0 Å². The Kier molecular flexibility index (Phi) is 20.6. The molecule has 0 bridgehead atoms. The zero-order valence-electron chi connectivity index (χ0n) is 38.8. The molecule has 0 aliphatic heterocycles. The Hall–Kier alpha value is -7.50. The zero-order chi connectivity index (χ0) is 48.9. The molecule has 4 amide bonds. The molecule has 4 aromatic carbocycles. The number of nitrogens with one attached hydrogen (secondary N) is 4. The lowest BCUT2D eigenvalue weighted by Gasteiger charge is -2.28. The Morgan fingerprint density at radius 1 is 0.439 bits per heavy atom. The van der Waals surface area contributed by atoms with E-state index in [-0.39, 0.29) is 13.2 Å². The van der Waals surface area contributed by atoms with Gasteiger partial charge in [-0.1, -0.05) is 84.9 Å². The first-order valence-electron chi connectivity index (χ1n) is 20.6. The molecule has 0 fully saturated rings. The first kappa shape index (κ1) is 52.8. The molecule has 4 aromatic rings. The molecule has 4 N–H and O–H groups in total. The smallest absolute Gasteiger partial charge is 0.408 e. The van der Waals surface area contributed by atoms with Crippen molar-refractivity contribution in [2.75, 3.05) is 28.4 Å². The van der Waals surface area contributed by atoms with Crippen LogP contribution in [0.5, 0.6) is 11.5 Å². The number of esters is 2. The molecule has 0 saturated carbocycles. The van der Waals surface area contributed by atoms with E-state index in [9.17, 15) is 28.8 Å². The average molecular weight is 917 g/mol. The molecule has 0 saturated heterocycles. The number of hydrogen-bond acceptors (Lipinski definition) is 14. The number of benzene rings is 4. The number of ether oxygens (including phenoxy) is 8. The van der Waals surface area contributed by atoms with Crippen molar-refractivity contribution in [3.63, 3.8) is 0 Å². The molecule has 0 radical (unpaired) electrons. The van der Waals surface area contributed by atoms with Crippen molar-refractivity contribution in [3.05, 3.63) is 131 Å². The summed E-state index contributed by atoms with van der Waals surface area (Å²) in [5.41, 5.74) is 1.05. The minimum absolute atomic E-state index is 0.00721. The summed E-state index contributed by atoms with van der Waals surface area (Å²) in [6, 6.07) is 26.9. The maximum absolute atomic E-state index is 12.6. The highest BCUT2D eigenvalue weighted by Gasteiger charge is 2.36. The van der Waals surface area contributed by atoms with Crippen LogP contribution in [0.3, 0.4) is 0 Å². The van der Waals surface area contributed by atoms with Crippen LogP contribution in [0.25, 0.3) is 0 Å². The monoisotopic (exact) mass is 916 g/mol. The molecule has 0 aromatic heterocycles. The van der Waals surface area contributed by atoms with Gasteiger partial charge in [-0.05, 0) is 88.1 Å². The fraction of sp³-hybridized carbons (Fsp3) is 0.375. The highest BCUT2D eigenvalue weighted by Crippen LogP contribution is 2.25. The molecule has 356 valence electrons. The van der Waals surface area contributed by atoms with E-state index in [1.165, 1.54) is 28.4 Å². The topological polar surface area (TPSA) is 224 Å². The summed E-state index contributed by atoms with van der Waals surface area (Å²) in [5.74, 6) is -0.383. The van der Waals surface area contributed by atoms with E-state index in [2.05, 4.69) is 21.3 Å². The maximum Gasteiger partial charge on any atom is 0.408 e. The van der Waals surface area contributed by atoms with Gasteiger partial charge < -0.3 is 59.2 Å². The minimum Gasteiger partial charge on any atom is -0.497 e. The van der Waals surface area contributed by atoms with E-state index in [0.717, 1.165) is 11.1 Å². The first-order valence-corrected chi connectivity index (χ1v) is 20.6. The van der Waals surface area contributed by atoms with Crippen LogP contribution in [0.2, 0.25) is 0 Å². The van der Waals surface area contributed by atoms with Gasteiger partial charge in [-0.15, -0.1) is 0 Å². The van der Waals surface area contributed by atoms with Crippen molar-refractivity contribution in [1.29, 1.82) is 0 Å². The number of amides is 4. The van der Waals surface area contributed by atoms with Crippen LogP contribution in [0, 0.1) is 0 Å². The highest BCUT2D eigenvalue weighted by atomic mass is 16.6. The van der Waals surface area contributed by atoms with Gasteiger partial charge in [0, 0.05) is 0 Å². The maximum atomic E-state index is 12.6. The molecule has 66 heavy (non-hydrogen) atoms. The van der Waals surface area contributed by atoms with Gasteiger partial charge in [0.2, 0.25) is 0 Å². The second-order valence-electron chi connectivity index (χ2n) is 16.2. The van der Waals surface area contributed by atoms with E-state index in [4.69, 9.17) is 37.9 Å². The Morgan fingerprint density at radius 3 is 1.03 bits per heavy atom. The van der Waals surface area contributed by atoms with Crippen molar-refractivity contribution in [2.45, 2.75) is 90.1 Å². The molecule has 0 aliphatic carbocycles. The highest BCUT2D eigenvalue weighted by molar-refractivity contribution is 5.84. The lowest BCUT2D eigenvalue weighted by atomic mass is 9.99. The average Bonchev–Trinajstić information content (AvgIpc) is 3.29. The second-order valence-corrected chi connectivity index (χ2v) is 16.2. The van der Waals surface area contributed by atoms with Gasteiger partial charge in [0.15, 0.2) is 12.1 Å². The van der Waals surface area contributed by atoms with Crippen molar-refractivity contribution >= 4 is 36.3 Å². The van der Waals surface area contributed by atoms with Crippen molar-refractivity contribution < 1.29 is 66.7 Å². The third-order valence-electron chi connectivity index (χ3n) is 8.84. The van der Waals surface area contributed by atoms with Gasteiger partial charge in [0.1, 0.15) is 35.9 Å². The van der Waals surface area contributed by atoms with E-state index in [1.807, 2.05) is 36.4 Å². The van der Waals surface area contributed by atoms with Gasteiger partial charge in [-0.3, -0.25) is 0 Å². The SMILES string of the molecule is COC(=O)[C@@H](NC(=O)OCc1ccccc1)[C@H](NC(=O)OC(C)(C)C)c1ccc(OC)cc1.COC(=O)[C@H](NC(=O)OCc1ccccc1)[C@@H](NC(=O)OC(C)(C)C)c1ccc(OC)cc1. The van der Waals surface area contributed by atoms with Crippen molar-refractivity contribution in [2.24, 2.45) is 0 Å². The zero-order valence-corrected chi connectivity index (χ0v) is 38.8. The molecule has 0 heterocycles. The van der Waals surface area contributed by atoms with Gasteiger partial charge in [0.25, 0.3) is 0 Å². The number of methoxy groups -OCH3 is 4. The number of rotatable bonds is 16. The summed E-state index contributed by atoms with van der Waals surface area (Å²) in [7, 11) is 5.41. The van der Waals surface area contributed by atoms with Crippen LogP contribution >= 0.6 is 0 Å². The summed E-state index contributed by atoms with van der Waals surface area (Å²) in [6.07, 6.45) is -3.23. The van der Waals surface area contributed by atoms with Crippen LogP contribution in [0.4, 0.5) is 19.2 Å². The lowest BCUT2D eigenvalue weighted by Crippen LogP contribution is -2.51. The predicted octanol–water partition coefficient (Wildman–Crippen LogP) is 7.46. The molecule has 18 heteroatoms. The minimum atomic E-state index is -1.29.